The number of rotatable bonds is 5. The second-order valence-electron chi connectivity index (χ2n) is 4.51. The number of piperazine rings is 1. The molecule has 1 rings (SSSR count). The van der Waals surface area contributed by atoms with E-state index in [0.717, 1.165) is 6.54 Å². The average molecular weight is 257 g/mol. The van der Waals surface area contributed by atoms with E-state index in [1.807, 2.05) is 6.92 Å². The third-order valence-electron chi connectivity index (χ3n) is 3.28. The smallest absolute Gasteiger partial charge is 0.243 e. The highest BCUT2D eigenvalue weighted by atomic mass is 16.5. The van der Waals surface area contributed by atoms with Crippen LogP contribution >= 0.6 is 0 Å². The highest BCUT2D eigenvalue weighted by molar-refractivity contribution is 5.88. The molecule has 104 valence electrons. The van der Waals surface area contributed by atoms with Gasteiger partial charge >= 0.3 is 0 Å². The molecule has 2 amide bonds. The molecule has 6 heteroatoms. The first-order valence-electron chi connectivity index (χ1n) is 6.34. The molecule has 0 bridgehead atoms. The maximum atomic E-state index is 12.1. The molecule has 0 aromatic heterocycles. The van der Waals surface area contributed by atoms with Gasteiger partial charge in [0.05, 0.1) is 6.10 Å². The van der Waals surface area contributed by atoms with E-state index in [2.05, 4.69) is 10.6 Å². The zero-order chi connectivity index (χ0) is 13.5. The molecular weight excluding hydrogens is 234 g/mol. The second-order valence-corrected chi connectivity index (χ2v) is 4.51. The molecule has 1 aliphatic rings. The van der Waals surface area contributed by atoms with E-state index in [9.17, 15) is 9.59 Å². The van der Waals surface area contributed by atoms with Crippen molar-refractivity contribution >= 4 is 11.8 Å². The number of carbonyl (C=O) groups is 2. The Balaban J connectivity index is 2.54. The number of likely N-dealkylation sites (N-methyl/N-ethyl adjacent to an activating group) is 1. The first kappa shape index (κ1) is 14.9. The zero-order valence-electron chi connectivity index (χ0n) is 11.4. The molecule has 2 N–H and O–H groups in total. The van der Waals surface area contributed by atoms with Crippen molar-refractivity contribution in [1.82, 2.24) is 15.5 Å². The van der Waals surface area contributed by atoms with Crippen molar-refractivity contribution in [3.63, 3.8) is 0 Å². The Bertz CT molecular complexity index is 296. The standard InChI is InChI=1S/C12H23N3O3/c1-9(18-3)4-5-11(16)15-7-6-14-8-10(15)12(17)13-2/h9-10,14H,4-8H2,1-3H3,(H,13,17). The molecule has 2 unspecified atom stereocenters. The lowest BCUT2D eigenvalue weighted by molar-refractivity contribution is -0.141. The Morgan fingerprint density at radius 2 is 2.28 bits per heavy atom. The molecule has 6 nitrogen and oxygen atoms in total. The minimum Gasteiger partial charge on any atom is -0.382 e. The van der Waals surface area contributed by atoms with Crippen LogP contribution in [0.1, 0.15) is 19.8 Å². The Kier molecular flexibility index (Phi) is 6.07. The molecule has 1 fully saturated rings. The van der Waals surface area contributed by atoms with Gasteiger partial charge in [0.2, 0.25) is 11.8 Å². The third-order valence-corrected chi connectivity index (χ3v) is 3.28. The minimum absolute atomic E-state index is 0.0222. The number of ether oxygens (including phenoxy) is 1. The summed E-state index contributed by atoms with van der Waals surface area (Å²) >= 11 is 0. The van der Waals surface area contributed by atoms with E-state index in [-0.39, 0.29) is 17.9 Å². The molecule has 2 atom stereocenters. The monoisotopic (exact) mass is 257 g/mol. The number of carbonyl (C=O) groups excluding carboxylic acids is 2. The average Bonchev–Trinajstić information content (AvgIpc) is 2.43. The predicted molar refractivity (Wildman–Crippen MR) is 68.1 cm³/mol. The number of hydrogen-bond acceptors (Lipinski definition) is 4. The molecule has 1 heterocycles. The fourth-order valence-corrected chi connectivity index (χ4v) is 1.99. The molecule has 18 heavy (non-hydrogen) atoms. The maximum absolute atomic E-state index is 12.1. The normalized spacial score (nSPS) is 21.5. The van der Waals surface area contributed by atoms with Gasteiger partial charge in [-0.05, 0) is 13.3 Å². The molecule has 0 aliphatic carbocycles. The van der Waals surface area contributed by atoms with E-state index in [1.165, 1.54) is 0 Å². The maximum Gasteiger partial charge on any atom is 0.243 e. The summed E-state index contributed by atoms with van der Waals surface area (Å²) < 4.78 is 5.12. The third kappa shape index (κ3) is 3.96. The van der Waals surface area contributed by atoms with Gasteiger partial charge in [-0.3, -0.25) is 9.59 Å². The van der Waals surface area contributed by atoms with Crippen LogP contribution in [-0.2, 0) is 14.3 Å². The summed E-state index contributed by atoms with van der Waals surface area (Å²) in [5.74, 6) is -0.0932. The molecule has 0 aromatic rings. The van der Waals surface area contributed by atoms with Crippen LogP contribution in [0.5, 0.6) is 0 Å². The highest BCUT2D eigenvalue weighted by Gasteiger charge is 2.31. The fraction of sp³-hybridized carbons (Fsp3) is 0.833. The van der Waals surface area contributed by atoms with Crippen LogP contribution in [0.3, 0.4) is 0 Å². The van der Waals surface area contributed by atoms with E-state index >= 15 is 0 Å². The molecule has 1 aliphatic heterocycles. The van der Waals surface area contributed by atoms with Gasteiger partial charge in [0.15, 0.2) is 0 Å². The summed E-state index contributed by atoms with van der Waals surface area (Å²) in [5, 5.41) is 5.73. The Hall–Kier alpha value is -1.14. The van der Waals surface area contributed by atoms with E-state index < -0.39 is 6.04 Å². The van der Waals surface area contributed by atoms with Gasteiger partial charge in [-0.25, -0.2) is 0 Å². The van der Waals surface area contributed by atoms with Crippen LogP contribution in [0.4, 0.5) is 0 Å². The van der Waals surface area contributed by atoms with Gasteiger partial charge in [0.25, 0.3) is 0 Å². The first-order valence-corrected chi connectivity index (χ1v) is 6.34. The van der Waals surface area contributed by atoms with Gasteiger partial charge in [-0.15, -0.1) is 0 Å². The summed E-state index contributed by atoms with van der Waals surface area (Å²) in [5.41, 5.74) is 0. The van der Waals surface area contributed by atoms with Gasteiger partial charge in [0, 0.05) is 40.2 Å². The highest BCUT2D eigenvalue weighted by Crippen LogP contribution is 2.09. The molecule has 0 spiro atoms. The van der Waals surface area contributed by atoms with Crippen molar-refractivity contribution in [3.05, 3.63) is 0 Å². The van der Waals surface area contributed by atoms with Crippen LogP contribution in [0.2, 0.25) is 0 Å². The number of nitrogens with one attached hydrogen (secondary N) is 2. The quantitative estimate of drug-likeness (QED) is 0.686. The van der Waals surface area contributed by atoms with Crippen LogP contribution in [0.15, 0.2) is 0 Å². The molecule has 0 radical (unpaired) electrons. The van der Waals surface area contributed by atoms with E-state index in [4.69, 9.17) is 4.74 Å². The van der Waals surface area contributed by atoms with Crippen LogP contribution in [-0.4, -0.2) is 62.7 Å². The van der Waals surface area contributed by atoms with Crippen molar-refractivity contribution in [1.29, 1.82) is 0 Å². The summed E-state index contributed by atoms with van der Waals surface area (Å²) in [6.07, 6.45) is 1.16. The van der Waals surface area contributed by atoms with Gasteiger partial charge in [-0.2, -0.15) is 0 Å². The SMILES string of the molecule is CNC(=O)C1CNCCN1C(=O)CCC(C)OC. The lowest BCUT2D eigenvalue weighted by Gasteiger charge is -2.35. The molecular formula is C12H23N3O3. The van der Waals surface area contributed by atoms with Crippen LogP contribution in [0, 0.1) is 0 Å². The van der Waals surface area contributed by atoms with Crippen molar-refractivity contribution in [3.8, 4) is 0 Å². The van der Waals surface area contributed by atoms with Crippen LogP contribution in [0.25, 0.3) is 0 Å². The summed E-state index contributed by atoms with van der Waals surface area (Å²) in [6, 6.07) is -0.394. The van der Waals surface area contributed by atoms with Crippen molar-refractivity contribution in [2.24, 2.45) is 0 Å². The van der Waals surface area contributed by atoms with E-state index in [1.54, 1.807) is 19.1 Å². The van der Waals surface area contributed by atoms with Crippen molar-refractivity contribution in [2.75, 3.05) is 33.8 Å². The molecule has 0 saturated carbocycles. The van der Waals surface area contributed by atoms with Crippen molar-refractivity contribution in [2.45, 2.75) is 31.9 Å². The number of amides is 2. The number of methoxy groups -OCH3 is 1. The van der Waals surface area contributed by atoms with Crippen molar-refractivity contribution < 1.29 is 14.3 Å². The Morgan fingerprint density at radius 1 is 1.56 bits per heavy atom. The summed E-state index contributed by atoms with van der Waals surface area (Å²) in [7, 11) is 3.22. The fourth-order valence-electron chi connectivity index (χ4n) is 1.99. The molecule has 1 saturated heterocycles. The minimum atomic E-state index is -0.394. The largest absolute Gasteiger partial charge is 0.382 e. The predicted octanol–water partition coefficient (Wildman–Crippen LogP) is -0.652. The summed E-state index contributed by atoms with van der Waals surface area (Å²) in [6.45, 7) is 3.77. The number of nitrogens with zero attached hydrogens (tertiary/aromatic N) is 1. The van der Waals surface area contributed by atoms with Gasteiger partial charge < -0.3 is 20.3 Å². The van der Waals surface area contributed by atoms with Gasteiger partial charge in [0.1, 0.15) is 6.04 Å². The topological polar surface area (TPSA) is 70.7 Å². The lowest BCUT2D eigenvalue weighted by Crippen LogP contribution is -2.59. The lowest BCUT2D eigenvalue weighted by atomic mass is 10.1. The van der Waals surface area contributed by atoms with Gasteiger partial charge in [-0.1, -0.05) is 0 Å². The molecule has 0 aromatic carbocycles. The summed E-state index contributed by atoms with van der Waals surface area (Å²) in [4.78, 5) is 25.5. The Labute approximate surface area is 108 Å². The van der Waals surface area contributed by atoms with Crippen LogP contribution < -0.4 is 10.6 Å². The zero-order valence-corrected chi connectivity index (χ0v) is 11.4. The Morgan fingerprint density at radius 3 is 2.89 bits per heavy atom. The number of hydrogen-bond donors (Lipinski definition) is 2. The first-order chi connectivity index (χ1) is 8.60. The van der Waals surface area contributed by atoms with E-state index in [0.29, 0.717) is 25.9 Å². The second kappa shape index (κ2) is 7.33.